The maximum Gasteiger partial charge on any atom is 0.318 e. The van der Waals surface area contributed by atoms with Crippen LogP contribution in [0.15, 0.2) is 24.3 Å². The second kappa shape index (κ2) is 5.83. The van der Waals surface area contributed by atoms with Gasteiger partial charge in [0.1, 0.15) is 6.54 Å². The quantitative estimate of drug-likeness (QED) is 0.806. The molecule has 0 aliphatic heterocycles. The third-order valence-corrected chi connectivity index (χ3v) is 3.83. The molecule has 0 unspecified atom stereocenters. The first kappa shape index (κ1) is 14.5. The molecule has 0 radical (unpaired) electrons. The van der Waals surface area contributed by atoms with Gasteiger partial charge in [-0.2, -0.15) is 12.7 Å². The number of aliphatic carboxylic acids is 1. The third kappa shape index (κ3) is 3.71. The predicted octanol–water partition coefficient (Wildman–Crippen LogP) is 0.922. The van der Waals surface area contributed by atoms with Gasteiger partial charge in [0, 0.05) is 7.05 Å². The minimum absolute atomic E-state index is 0.470. The molecule has 0 saturated carbocycles. The van der Waals surface area contributed by atoms with Crippen molar-refractivity contribution in [1.82, 2.24) is 4.31 Å². The van der Waals surface area contributed by atoms with Gasteiger partial charge >= 0.3 is 16.2 Å². The van der Waals surface area contributed by atoms with E-state index in [1.807, 2.05) is 19.1 Å². The number of benzene rings is 1. The molecule has 0 aromatic heterocycles. The van der Waals surface area contributed by atoms with Gasteiger partial charge in [-0.15, -0.1) is 0 Å². The Balaban J connectivity index is 2.92. The monoisotopic (exact) mass is 272 g/mol. The summed E-state index contributed by atoms with van der Waals surface area (Å²) in [6.07, 6.45) is 0.682. The average Bonchev–Trinajstić information content (AvgIpc) is 2.28. The number of aryl methyl sites for hydroxylation is 1. The first-order valence-electron chi connectivity index (χ1n) is 5.40. The number of carboxylic acid groups (broad SMARTS) is 1. The van der Waals surface area contributed by atoms with Crippen molar-refractivity contribution in [1.29, 1.82) is 0 Å². The van der Waals surface area contributed by atoms with Gasteiger partial charge in [-0.1, -0.05) is 25.1 Å². The highest BCUT2D eigenvalue weighted by atomic mass is 32.2. The number of hydrogen-bond donors (Lipinski definition) is 2. The molecule has 2 N–H and O–H groups in total. The minimum atomic E-state index is -3.84. The Kier molecular flexibility index (Phi) is 4.69. The number of rotatable bonds is 6. The fourth-order valence-corrected chi connectivity index (χ4v) is 2.33. The van der Waals surface area contributed by atoms with Crippen LogP contribution in [0.5, 0.6) is 0 Å². The van der Waals surface area contributed by atoms with Crippen molar-refractivity contribution in [3.8, 4) is 0 Å². The first-order chi connectivity index (χ1) is 8.36. The number of likely N-dealkylation sites (N-methyl/N-ethyl adjacent to an activating group) is 1. The van der Waals surface area contributed by atoms with Gasteiger partial charge in [0.2, 0.25) is 0 Å². The molecule has 0 aliphatic carbocycles. The maximum absolute atomic E-state index is 11.9. The lowest BCUT2D eigenvalue weighted by Crippen LogP contribution is -2.36. The molecule has 1 aromatic rings. The highest BCUT2D eigenvalue weighted by molar-refractivity contribution is 7.90. The summed E-state index contributed by atoms with van der Waals surface area (Å²) in [4.78, 5) is 10.5. The van der Waals surface area contributed by atoms with E-state index < -0.39 is 22.7 Å². The lowest BCUT2D eigenvalue weighted by molar-refractivity contribution is -0.137. The Morgan fingerprint density at radius 1 is 1.39 bits per heavy atom. The summed E-state index contributed by atoms with van der Waals surface area (Å²) in [6.45, 7) is 1.33. The number of nitrogens with zero attached hydrogens (tertiary/aromatic N) is 1. The summed E-state index contributed by atoms with van der Waals surface area (Å²) >= 11 is 0. The van der Waals surface area contributed by atoms with E-state index in [-0.39, 0.29) is 0 Å². The smallest absolute Gasteiger partial charge is 0.318 e. The third-order valence-electron chi connectivity index (χ3n) is 2.41. The van der Waals surface area contributed by atoms with Crippen molar-refractivity contribution in [3.63, 3.8) is 0 Å². The zero-order chi connectivity index (χ0) is 13.8. The van der Waals surface area contributed by atoms with Crippen molar-refractivity contribution >= 4 is 21.9 Å². The van der Waals surface area contributed by atoms with Crippen molar-refractivity contribution in [2.75, 3.05) is 18.3 Å². The van der Waals surface area contributed by atoms with Crippen LogP contribution in [0.2, 0.25) is 0 Å². The largest absolute Gasteiger partial charge is 0.480 e. The van der Waals surface area contributed by atoms with Gasteiger partial charge < -0.3 is 5.11 Å². The number of carbonyl (C=O) groups is 1. The molecule has 0 spiro atoms. The molecule has 0 aliphatic rings. The molecule has 0 amide bonds. The van der Waals surface area contributed by atoms with Gasteiger partial charge in [-0.3, -0.25) is 9.52 Å². The van der Waals surface area contributed by atoms with Crippen LogP contribution >= 0.6 is 0 Å². The fraction of sp³-hybridized carbons (Fsp3) is 0.364. The van der Waals surface area contributed by atoms with Crippen LogP contribution in [0.1, 0.15) is 12.5 Å². The maximum atomic E-state index is 11.9. The van der Waals surface area contributed by atoms with E-state index in [2.05, 4.69) is 4.72 Å². The van der Waals surface area contributed by atoms with E-state index in [9.17, 15) is 13.2 Å². The second-order valence-corrected chi connectivity index (χ2v) is 5.55. The van der Waals surface area contributed by atoms with Crippen LogP contribution in [0.4, 0.5) is 5.69 Å². The molecule has 1 aromatic carbocycles. The summed E-state index contributed by atoms with van der Waals surface area (Å²) in [6, 6.07) is 6.99. The van der Waals surface area contributed by atoms with Crippen LogP contribution in [0.25, 0.3) is 0 Å². The lowest BCUT2D eigenvalue weighted by Gasteiger charge is -2.17. The Labute approximate surface area is 106 Å². The summed E-state index contributed by atoms with van der Waals surface area (Å²) < 4.78 is 26.8. The van der Waals surface area contributed by atoms with Crippen molar-refractivity contribution < 1.29 is 18.3 Å². The van der Waals surface area contributed by atoms with Crippen LogP contribution in [-0.2, 0) is 21.4 Å². The summed E-state index contributed by atoms with van der Waals surface area (Å²) in [5.41, 5.74) is 1.32. The Hall–Kier alpha value is -1.60. The van der Waals surface area contributed by atoms with Crippen molar-refractivity contribution in [2.45, 2.75) is 13.3 Å². The van der Waals surface area contributed by atoms with E-state index in [1.54, 1.807) is 12.1 Å². The number of para-hydroxylation sites is 1. The Morgan fingerprint density at radius 3 is 2.56 bits per heavy atom. The zero-order valence-corrected chi connectivity index (χ0v) is 11.1. The molecular weight excluding hydrogens is 256 g/mol. The molecule has 0 heterocycles. The summed E-state index contributed by atoms with van der Waals surface area (Å²) in [7, 11) is -2.63. The molecule has 18 heavy (non-hydrogen) atoms. The molecule has 0 fully saturated rings. The van der Waals surface area contributed by atoms with Gasteiger partial charge in [-0.25, -0.2) is 0 Å². The van der Waals surface area contributed by atoms with Crippen LogP contribution in [0.3, 0.4) is 0 Å². The molecular formula is C11H16N2O4S. The SMILES string of the molecule is CCc1ccccc1NS(=O)(=O)N(C)CC(=O)O. The van der Waals surface area contributed by atoms with E-state index in [0.29, 0.717) is 12.1 Å². The topological polar surface area (TPSA) is 86.7 Å². The first-order valence-corrected chi connectivity index (χ1v) is 6.84. The van der Waals surface area contributed by atoms with E-state index in [4.69, 9.17) is 5.11 Å². The van der Waals surface area contributed by atoms with E-state index >= 15 is 0 Å². The van der Waals surface area contributed by atoms with Crippen LogP contribution in [0, 0.1) is 0 Å². The minimum Gasteiger partial charge on any atom is -0.480 e. The summed E-state index contributed by atoms with van der Waals surface area (Å²) in [5.74, 6) is -1.20. The number of carboxylic acids is 1. The van der Waals surface area contributed by atoms with Crippen LogP contribution < -0.4 is 4.72 Å². The molecule has 100 valence electrons. The number of nitrogens with one attached hydrogen (secondary N) is 1. The molecule has 0 saturated heterocycles. The number of hydrogen-bond acceptors (Lipinski definition) is 3. The van der Waals surface area contributed by atoms with Crippen molar-refractivity contribution in [2.24, 2.45) is 0 Å². The predicted molar refractivity (Wildman–Crippen MR) is 68.6 cm³/mol. The van der Waals surface area contributed by atoms with Gasteiger partial charge in [0.25, 0.3) is 0 Å². The van der Waals surface area contributed by atoms with E-state index in [1.165, 1.54) is 7.05 Å². The second-order valence-electron chi connectivity index (χ2n) is 3.77. The Bertz CT molecular complexity index is 528. The average molecular weight is 272 g/mol. The zero-order valence-electron chi connectivity index (χ0n) is 10.3. The van der Waals surface area contributed by atoms with Gasteiger partial charge in [-0.05, 0) is 18.1 Å². The van der Waals surface area contributed by atoms with Crippen LogP contribution in [-0.4, -0.2) is 37.4 Å². The highest BCUT2D eigenvalue weighted by Gasteiger charge is 2.20. The lowest BCUT2D eigenvalue weighted by atomic mass is 10.1. The molecule has 6 nitrogen and oxygen atoms in total. The normalized spacial score (nSPS) is 11.5. The Morgan fingerprint density at radius 2 is 2.00 bits per heavy atom. The number of anilines is 1. The standard InChI is InChI=1S/C11H16N2O4S/c1-3-9-6-4-5-7-10(9)12-18(16,17)13(2)8-11(14)15/h4-7,12H,3,8H2,1-2H3,(H,14,15). The fourth-order valence-electron chi connectivity index (χ4n) is 1.42. The highest BCUT2D eigenvalue weighted by Crippen LogP contribution is 2.17. The van der Waals surface area contributed by atoms with Gasteiger partial charge in [0.15, 0.2) is 0 Å². The van der Waals surface area contributed by atoms with Crippen molar-refractivity contribution in [3.05, 3.63) is 29.8 Å². The molecule has 0 atom stereocenters. The summed E-state index contributed by atoms with van der Waals surface area (Å²) in [5, 5.41) is 8.58. The van der Waals surface area contributed by atoms with E-state index in [0.717, 1.165) is 9.87 Å². The van der Waals surface area contributed by atoms with Gasteiger partial charge in [0.05, 0.1) is 5.69 Å². The molecule has 1 rings (SSSR count). The molecule has 0 bridgehead atoms. The molecule has 7 heteroatoms.